The van der Waals surface area contributed by atoms with E-state index < -0.39 is 6.04 Å². The number of nitrogens with one attached hydrogen (secondary N) is 2. The molecule has 1 atom stereocenters. The molecule has 0 unspecified atom stereocenters. The second kappa shape index (κ2) is 7.29. The zero-order valence-electron chi connectivity index (χ0n) is 14.4. The number of aryl methyl sites for hydroxylation is 1. The lowest BCUT2D eigenvalue weighted by atomic mass is 10.1. The van der Waals surface area contributed by atoms with E-state index in [1.807, 2.05) is 13.8 Å². The van der Waals surface area contributed by atoms with Crippen molar-refractivity contribution in [3.8, 4) is 0 Å². The Balaban J connectivity index is 1.57. The predicted octanol–water partition coefficient (Wildman–Crippen LogP) is -0.170. The molecule has 0 aromatic carbocycles. The number of piperazine rings is 1. The molecular formula is C16H26N6O2. The van der Waals surface area contributed by atoms with Crippen molar-refractivity contribution in [3.63, 3.8) is 0 Å². The van der Waals surface area contributed by atoms with Crippen LogP contribution in [0.1, 0.15) is 44.8 Å². The third-order valence-electron chi connectivity index (χ3n) is 4.79. The van der Waals surface area contributed by atoms with Crippen molar-refractivity contribution in [2.45, 2.75) is 64.7 Å². The van der Waals surface area contributed by atoms with Gasteiger partial charge in [0.15, 0.2) is 5.82 Å². The van der Waals surface area contributed by atoms with E-state index in [1.165, 1.54) is 0 Å². The summed E-state index contributed by atoms with van der Waals surface area (Å²) in [4.78, 5) is 26.5. The minimum atomic E-state index is -0.397. The van der Waals surface area contributed by atoms with E-state index in [4.69, 9.17) is 0 Å². The van der Waals surface area contributed by atoms with Gasteiger partial charge in [0.25, 0.3) is 0 Å². The Morgan fingerprint density at radius 3 is 2.96 bits per heavy atom. The number of carbonyl (C=O) groups excluding carboxylic acids is 2. The van der Waals surface area contributed by atoms with Crippen molar-refractivity contribution in [3.05, 3.63) is 11.6 Å². The molecule has 3 rings (SSSR count). The highest BCUT2D eigenvalue weighted by atomic mass is 16.2. The minimum Gasteiger partial charge on any atom is -0.353 e. The van der Waals surface area contributed by atoms with Crippen LogP contribution in [0.25, 0.3) is 0 Å². The van der Waals surface area contributed by atoms with Crippen molar-refractivity contribution in [1.29, 1.82) is 0 Å². The van der Waals surface area contributed by atoms with E-state index in [1.54, 1.807) is 0 Å². The third kappa shape index (κ3) is 3.58. The Hall–Kier alpha value is -1.96. The minimum absolute atomic E-state index is 0.0649. The third-order valence-corrected chi connectivity index (χ3v) is 4.79. The summed E-state index contributed by atoms with van der Waals surface area (Å²) in [5, 5.41) is 14.1. The number of carbonyl (C=O) groups is 2. The quantitative estimate of drug-likeness (QED) is 0.780. The van der Waals surface area contributed by atoms with E-state index >= 15 is 0 Å². The van der Waals surface area contributed by atoms with Gasteiger partial charge in [-0.15, -0.1) is 10.2 Å². The number of amides is 2. The Bertz CT molecular complexity index is 612. The van der Waals surface area contributed by atoms with Crippen molar-refractivity contribution in [2.24, 2.45) is 0 Å². The topological polar surface area (TPSA) is 92.2 Å². The van der Waals surface area contributed by atoms with E-state index in [2.05, 4.69) is 30.3 Å². The van der Waals surface area contributed by atoms with E-state index in [-0.39, 0.29) is 24.3 Å². The lowest BCUT2D eigenvalue weighted by Crippen LogP contribution is -2.58. The molecule has 0 bridgehead atoms. The molecule has 8 heteroatoms. The number of rotatable bonds is 5. The number of nitrogens with zero attached hydrogens (tertiary/aromatic N) is 4. The zero-order chi connectivity index (χ0) is 17.1. The van der Waals surface area contributed by atoms with Gasteiger partial charge in [0.2, 0.25) is 11.8 Å². The van der Waals surface area contributed by atoms with Crippen LogP contribution in [0.5, 0.6) is 0 Å². The van der Waals surface area contributed by atoms with Gasteiger partial charge in [-0.1, -0.05) is 0 Å². The van der Waals surface area contributed by atoms with Gasteiger partial charge in [0.05, 0.1) is 19.0 Å². The molecular weight excluding hydrogens is 308 g/mol. The lowest BCUT2D eigenvalue weighted by Gasteiger charge is -2.37. The highest BCUT2D eigenvalue weighted by Crippen LogP contribution is 2.15. The number of fused-ring (bicyclic) bond motifs is 1. The lowest BCUT2D eigenvalue weighted by molar-refractivity contribution is -0.134. The predicted molar refractivity (Wildman–Crippen MR) is 88.1 cm³/mol. The molecule has 132 valence electrons. The first-order valence-electron chi connectivity index (χ1n) is 8.77. The molecule has 2 N–H and O–H groups in total. The van der Waals surface area contributed by atoms with Crippen LogP contribution < -0.4 is 10.6 Å². The van der Waals surface area contributed by atoms with Crippen molar-refractivity contribution in [2.75, 3.05) is 13.1 Å². The van der Waals surface area contributed by atoms with Gasteiger partial charge in [-0.2, -0.15) is 0 Å². The number of aromatic nitrogens is 3. The Morgan fingerprint density at radius 2 is 2.17 bits per heavy atom. The summed E-state index contributed by atoms with van der Waals surface area (Å²) >= 11 is 0. The number of hydrogen-bond acceptors (Lipinski definition) is 5. The summed E-state index contributed by atoms with van der Waals surface area (Å²) in [6, 6.07) is -0.163. The normalized spacial score (nSPS) is 21.5. The van der Waals surface area contributed by atoms with Crippen LogP contribution in [-0.4, -0.2) is 56.7 Å². The summed E-state index contributed by atoms with van der Waals surface area (Å²) in [6.45, 7) is 6.79. The Morgan fingerprint density at radius 1 is 1.33 bits per heavy atom. The first-order valence-corrected chi connectivity index (χ1v) is 8.77. The maximum absolute atomic E-state index is 12.3. The van der Waals surface area contributed by atoms with Crippen molar-refractivity contribution >= 4 is 11.8 Å². The molecule has 0 radical (unpaired) electrons. The molecule has 1 saturated heterocycles. The summed E-state index contributed by atoms with van der Waals surface area (Å²) in [7, 11) is 0. The molecule has 8 nitrogen and oxygen atoms in total. The van der Waals surface area contributed by atoms with Gasteiger partial charge < -0.3 is 15.2 Å². The van der Waals surface area contributed by atoms with Crippen LogP contribution in [0.2, 0.25) is 0 Å². The summed E-state index contributed by atoms with van der Waals surface area (Å²) in [6.07, 6.45) is 3.39. The molecule has 3 heterocycles. The fourth-order valence-corrected chi connectivity index (χ4v) is 3.49. The molecule has 0 spiro atoms. The first-order chi connectivity index (χ1) is 11.6. The average Bonchev–Trinajstić information content (AvgIpc) is 2.98. The average molecular weight is 334 g/mol. The smallest absolute Gasteiger partial charge is 0.237 e. The second-order valence-corrected chi connectivity index (χ2v) is 6.76. The molecule has 0 saturated carbocycles. The SMILES string of the molecule is CC(C)N1CCNC(=O)[C@H]1CC(=O)NCc1nnc2n1CCCC2. The highest BCUT2D eigenvalue weighted by Gasteiger charge is 2.33. The van der Waals surface area contributed by atoms with Crippen LogP contribution in [0.3, 0.4) is 0 Å². The van der Waals surface area contributed by atoms with Crippen LogP contribution in [0.15, 0.2) is 0 Å². The maximum atomic E-state index is 12.3. The summed E-state index contributed by atoms with van der Waals surface area (Å²) in [5.41, 5.74) is 0. The largest absolute Gasteiger partial charge is 0.353 e. The molecule has 1 aromatic heterocycles. The molecule has 2 aliphatic rings. The van der Waals surface area contributed by atoms with Gasteiger partial charge in [-0.3, -0.25) is 14.5 Å². The monoisotopic (exact) mass is 334 g/mol. The fraction of sp³-hybridized carbons (Fsp3) is 0.750. The summed E-state index contributed by atoms with van der Waals surface area (Å²) in [5.74, 6) is 1.61. The molecule has 1 aromatic rings. The Kier molecular flexibility index (Phi) is 5.13. The van der Waals surface area contributed by atoms with Gasteiger partial charge in [-0.05, 0) is 26.7 Å². The molecule has 1 fully saturated rings. The molecule has 0 aliphatic carbocycles. The highest BCUT2D eigenvalue weighted by molar-refractivity contribution is 5.88. The zero-order valence-corrected chi connectivity index (χ0v) is 14.4. The van der Waals surface area contributed by atoms with Gasteiger partial charge in [-0.25, -0.2) is 0 Å². The van der Waals surface area contributed by atoms with E-state index in [0.717, 1.165) is 44.0 Å². The van der Waals surface area contributed by atoms with E-state index in [9.17, 15) is 9.59 Å². The van der Waals surface area contributed by atoms with Gasteiger partial charge >= 0.3 is 0 Å². The van der Waals surface area contributed by atoms with Gasteiger partial charge in [0.1, 0.15) is 5.82 Å². The molecule has 2 aliphatic heterocycles. The van der Waals surface area contributed by atoms with Crippen LogP contribution in [0, 0.1) is 0 Å². The Labute approximate surface area is 142 Å². The standard InChI is InChI=1S/C16H26N6O2/c1-11(2)21-8-6-17-16(24)12(21)9-15(23)18-10-14-20-19-13-5-3-4-7-22(13)14/h11-12H,3-10H2,1-2H3,(H,17,24)(H,18,23)/t12-/m1/s1. The number of hydrogen-bond donors (Lipinski definition) is 2. The maximum Gasteiger partial charge on any atom is 0.237 e. The van der Waals surface area contributed by atoms with Crippen molar-refractivity contribution in [1.82, 2.24) is 30.3 Å². The second-order valence-electron chi connectivity index (χ2n) is 6.76. The molecule has 24 heavy (non-hydrogen) atoms. The van der Waals surface area contributed by atoms with Crippen molar-refractivity contribution < 1.29 is 9.59 Å². The van der Waals surface area contributed by atoms with Gasteiger partial charge in [0, 0.05) is 32.1 Å². The first kappa shape index (κ1) is 16.9. The fourth-order valence-electron chi connectivity index (χ4n) is 3.49. The van der Waals surface area contributed by atoms with Crippen LogP contribution in [0.4, 0.5) is 0 Å². The van der Waals surface area contributed by atoms with Crippen LogP contribution in [-0.2, 0) is 29.1 Å². The van der Waals surface area contributed by atoms with E-state index in [0.29, 0.717) is 13.1 Å². The summed E-state index contributed by atoms with van der Waals surface area (Å²) < 4.78 is 2.09. The van der Waals surface area contributed by atoms with Crippen LogP contribution >= 0.6 is 0 Å². The molecule has 2 amide bonds.